The van der Waals surface area contributed by atoms with Gasteiger partial charge in [-0.1, -0.05) is 38.3 Å². The molecule has 0 heterocycles. The molecule has 0 fully saturated rings. The highest BCUT2D eigenvalue weighted by atomic mass is 35.5. The van der Waals surface area contributed by atoms with Crippen molar-refractivity contribution in [3.8, 4) is 0 Å². The summed E-state index contributed by atoms with van der Waals surface area (Å²) >= 11 is 5.80. The standard InChI is InChI=1S/C14H22ClFN2O2S/c1-9(2)5-4-6-10(3)18-21(19,20)14-8-13(17)12(16)7-11(14)15/h7-10,18H,4-6,17H2,1-3H3. The highest BCUT2D eigenvalue weighted by Crippen LogP contribution is 2.26. The number of hydrogen-bond donors (Lipinski definition) is 2. The second-order valence-electron chi connectivity index (χ2n) is 5.65. The number of sulfonamides is 1. The first-order valence-corrected chi connectivity index (χ1v) is 8.76. The number of nitrogens with two attached hydrogens (primary N) is 1. The van der Waals surface area contributed by atoms with Gasteiger partial charge < -0.3 is 5.73 Å². The summed E-state index contributed by atoms with van der Waals surface area (Å²) in [4.78, 5) is -0.196. The molecule has 3 N–H and O–H groups in total. The number of halogens is 2. The van der Waals surface area contributed by atoms with E-state index in [9.17, 15) is 12.8 Å². The lowest BCUT2D eigenvalue weighted by atomic mass is 10.0. The summed E-state index contributed by atoms with van der Waals surface area (Å²) in [5, 5.41) is -0.177. The third kappa shape index (κ3) is 5.45. The molecule has 0 aromatic heterocycles. The first kappa shape index (κ1) is 18.2. The topological polar surface area (TPSA) is 72.2 Å². The summed E-state index contributed by atoms with van der Waals surface area (Å²) in [6.45, 7) is 6.03. The Kier molecular flexibility index (Phi) is 6.43. The van der Waals surface area contributed by atoms with Gasteiger partial charge in [-0.15, -0.1) is 0 Å². The number of nitrogen functional groups attached to an aromatic ring is 1. The van der Waals surface area contributed by atoms with Gasteiger partial charge in [0.15, 0.2) is 0 Å². The first-order chi connectivity index (χ1) is 9.63. The van der Waals surface area contributed by atoms with E-state index in [1.807, 2.05) is 0 Å². The second kappa shape index (κ2) is 7.42. The predicted molar refractivity (Wildman–Crippen MR) is 84.3 cm³/mol. The van der Waals surface area contributed by atoms with E-state index in [-0.39, 0.29) is 21.6 Å². The van der Waals surface area contributed by atoms with Gasteiger partial charge in [0.1, 0.15) is 10.7 Å². The van der Waals surface area contributed by atoms with E-state index < -0.39 is 15.8 Å². The molecule has 0 aliphatic carbocycles. The molecular formula is C14H22ClFN2O2S. The predicted octanol–water partition coefficient (Wildman–Crippen LogP) is 3.55. The van der Waals surface area contributed by atoms with E-state index in [2.05, 4.69) is 18.6 Å². The number of anilines is 1. The van der Waals surface area contributed by atoms with Crippen LogP contribution in [0.25, 0.3) is 0 Å². The van der Waals surface area contributed by atoms with Gasteiger partial charge >= 0.3 is 0 Å². The van der Waals surface area contributed by atoms with Crippen molar-refractivity contribution in [2.45, 2.75) is 51.0 Å². The lowest BCUT2D eigenvalue weighted by Crippen LogP contribution is -2.32. The van der Waals surface area contributed by atoms with Crippen molar-refractivity contribution >= 4 is 27.3 Å². The van der Waals surface area contributed by atoms with E-state index >= 15 is 0 Å². The van der Waals surface area contributed by atoms with Gasteiger partial charge in [-0.25, -0.2) is 17.5 Å². The highest BCUT2D eigenvalue weighted by molar-refractivity contribution is 7.89. The largest absolute Gasteiger partial charge is 0.396 e. The van der Waals surface area contributed by atoms with E-state index in [1.54, 1.807) is 6.92 Å². The van der Waals surface area contributed by atoms with Gasteiger partial charge in [0.25, 0.3) is 0 Å². The molecule has 1 rings (SSSR count). The van der Waals surface area contributed by atoms with Crippen LogP contribution in [-0.4, -0.2) is 14.5 Å². The Morgan fingerprint density at radius 2 is 1.90 bits per heavy atom. The lowest BCUT2D eigenvalue weighted by Gasteiger charge is -2.16. The molecule has 1 aromatic rings. The van der Waals surface area contributed by atoms with Crippen LogP contribution in [0.15, 0.2) is 17.0 Å². The maximum atomic E-state index is 13.2. The average Bonchev–Trinajstić information content (AvgIpc) is 2.32. The molecule has 1 unspecified atom stereocenters. The molecule has 0 aliphatic heterocycles. The van der Waals surface area contributed by atoms with Crippen molar-refractivity contribution in [1.82, 2.24) is 4.72 Å². The molecule has 0 spiro atoms. The third-order valence-electron chi connectivity index (χ3n) is 3.12. The Balaban J connectivity index is 2.80. The Labute approximate surface area is 130 Å². The summed E-state index contributed by atoms with van der Waals surface area (Å²) in [6.07, 6.45) is 2.70. The van der Waals surface area contributed by atoms with Crippen LogP contribution in [0.4, 0.5) is 10.1 Å². The zero-order valence-corrected chi connectivity index (χ0v) is 14.1. The zero-order chi connectivity index (χ0) is 16.2. The Hall–Kier alpha value is -0.850. The molecule has 1 aromatic carbocycles. The van der Waals surface area contributed by atoms with Crippen LogP contribution in [0.1, 0.15) is 40.0 Å². The lowest BCUT2D eigenvalue weighted by molar-refractivity contribution is 0.488. The highest BCUT2D eigenvalue weighted by Gasteiger charge is 2.22. The van der Waals surface area contributed by atoms with Crippen LogP contribution < -0.4 is 10.5 Å². The van der Waals surface area contributed by atoms with Crippen LogP contribution in [-0.2, 0) is 10.0 Å². The summed E-state index contributed by atoms with van der Waals surface area (Å²) in [5.41, 5.74) is 5.16. The summed E-state index contributed by atoms with van der Waals surface area (Å²) in [6, 6.07) is 1.73. The first-order valence-electron chi connectivity index (χ1n) is 6.90. The molecule has 0 aliphatic rings. The van der Waals surface area contributed by atoms with Gasteiger partial charge in [-0.05, 0) is 31.4 Å². The van der Waals surface area contributed by atoms with Crippen molar-refractivity contribution in [3.63, 3.8) is 0 Å². The average molecular weight is 337 g/mol. The Bertz CT molecular complexity index is 591. The minimum absolute atomic E-state index is 0.177. The van der Waals surface area contributed by atoms with E-state index in [0.29, 0.717) is 5.92 Å². The molecule has 120 valence electrons. The molecular weight excluding hydrogens is 315 g/mol. The summed E-state index contributed by atoms with van der Waals surface area (Å²) < 4.78 is 40.3. The number of rotatable bonds is 7. The van der Waals surface area contributed by atoms with E-state index in [0.717, 1.165) is 31.4 Å². The van der Waals surface area contributed by atoms with Crippen LogP contribution >= 0.6 is 11.6 Å². The van der Waals surface area contributed by atoms with Crippen molar-refractivity contribution in [2.24, 2.45) is 5.92 Å². The molecule has 0 saturated heterocycles. The van der Waals surface area contributed by atoms with Crippen LogP contribution in [0.5, 0.6) is 0 Å². The van der Waals surface area contributed by atoms with Crippen molar-refractivity contribution in [2.75, 3.05) is 5.73 Å². The Morgan fingerprint density at radius 1 is 1.29 bits per heavy atom. The van der Waals surface area contributed by atoms with E-state index in [4.69, 9.17) is 17.3 Å². The second-order valence-corrected chi connectivity index (χ2v) is 7.74. The monoisotopic (exact) mass is 336 g/mol. The van der Waals surface area contributed by atoms with Gasteiger partial charge in [0.2, 0.25) is 10.0 Å². The molecule has 7 heteroatoms. The maximum Gasteiger partial charge on any atom is 0.242 e. The molecule has 0 bridgehead atoms. The Morgan fingerprint density at radius 3 is 2.48 bits per heavy atom. The minimum Gasteiger partial charge on any atom is -0.396 e. The number of nitrogens with one attached hydrogen (secondary N) is 1. The fourth-order valence-corrected chi connectivity index (χ4v) is 3.80. The molecule has 21 heavy (non-hydrogen) atoms. The van der Waals surface area contributed by atoms with Gasteiger partial charge in [-0.2, -0.15) is 0 Å². The molecule has 4 nitrogen and oxygen atoms in total. The van der Waals surface area contributed by atoms with Crippen molar-refractivity contribution in [1.29, 1.82) is 0 Å². The van der Waals surface area contributed by atoms with Crippen LogP contribution in [0.2, 0.25) is 5.02 Å². The zero-order valence-electron chi connectivity index (χ0n) is 12.5. The third-order valence-corrected chi connectivity index (χ3v) is 5.17. The van der Waals surface area contributed by atoms with Crippen molar-refractivity contribution in [3.05, 3.63) is 23.0 Å². The van der Waals surface area contributed by atoms with Crippen LogP contribution in [0.3, 0.4) is 0 Å². The summed E-state index contributed by atoms with van der Waals surface area (Å²) in [7, 11) is -3.81. The maximum absolute atomic E-state index is 13.2. The number of benzene rings is 1. The van der Waals surface area contributed by atoms with Crippen molar-refractivity contribution < 1.29 is 12.8 Å². The number of hydrogen-bond acceptors (Lipinski definition) is 3. The fraction of sp³-hybridized carbons (Fsp3) is 0.571. The molecule has 0 amide bonds. The fourth-order valence-electron chi connectivity index (χ4n) is 1.97. The summed E-state index contributed by atoms with van der Waals surface area (Å²) in [5.74, 6) is -0.149. The smallest absolute Gasteiger partial charge is 0.242 e. The van der Waals surface area contributed by atoms with Gasteiger partial charge in [0, 0.05) is 6.04 Å². The normalized spacial score (nSPS) is 13.6. The van der Waals surface area contributed by atoms with Gasteiger partial charge in [0.05, 0.1) is 10.7 Å². The minimum atomic E-state index is -3.81. The van der Waals surface area contributed by atoms with E-state index in [1.165, 1.54) is 0 Å². The van der Waals surface area contributed by atoms with Gasteiger partial charge in [-0.3, -0.25) is 0 Å². The van der Waals surface area contributed by atoms with Crippen LogP contribution in [0, 0.1) is 11.7 Å². The SMILES string of the molecule is CC(C)CCCC(C)NS(=O)(=O)c1cc(N)c(F)cc1Cl. The quantitative estimate of drug-likeness (QED) is 0.748. The molecule has 0 saturated carbocycles. The molecule has 0 radical (unpaired) electrons. The molecule has 1 atom stereocenters.